The SMILES string of the molecule is CC(C)(C)c1cc(C(C)(CCCCCCCCC(C)(C(=O)O)c2cc(C(C)(C)C)c(O)c(C(C)(C)C)c2)C(=O)O)cc(C(C)(C)C)c1O. The lowest BCUT2D eigenvalue weighted by Gasteiger charge is -2.33. The largest absolute Gasteiger partial charge is 0.507 e. The van der Waals surface area contributed by atoms with E-state index in [2.05, 4.69) is 0 Å². The van der Waals surface area contributed by atoms with Crippen molar-refractivity contribution in [3.05, 3.63) is 57.6 Å². The number of carboxylic acid groups (broad SMARTS) is 2. The average Bonchev–Trinajstić information content (AvgIpc) is 2.91. The normalized spacial score (nSPS) is 15.5. The second-order valence-corrected chi connectivity index (χ2v) is 18.7. The Hall–Kier alpha value is -3.02. The lowest BCUT2D eigenvalue weighted by Crippen LogP contribution is -2.33. The van der Waals surface area contributed by atoms with Crippen LogP contribution in [0, 0.1) is 0 Å². The fourth-order valence-corrected chi connectivity index (χ4v) is 6.61. The topological polar surface area (TPSA) is 115 Å². The Morgan fingerprint density at radius 2 is 0.646 bits per heavy atom. The Bertz CT molecular complexity index is 1280. The van der Waals surface area contributed by atoms with Gasteiger partial charge in [0.25, 0.3) is 0 Å². The molecule has 2 rings (SSSR count). The smallest absolute Gasteiger partial charge is 0.313 e. The Kier molecular flexibility index (Phi) is 12.4. The van der Waals surface area contributed by atoms with E-state index in [9.17, 15) is 30.0 Å². The molecule has 6 nitrogen and oxygen atoms in total. The summed E-state index contributed by atoms with van der Waals surface area (Å²) in [4.78, 5) is 25.5. The van der Waals surface area contributed by atoms with Crippen molar-refractivity contribution in [2.45, 2.75) is 181 Å². The number of benzene rings is 2. The minimum Gasteiger partial charge on any atom is -0.507 e. The molecule has 0 aliphatic carbocycles. The standard InChI is InChI=1S/C42H66O6/c1-37(2,3)29-23-27(24-30(33(29)43)38(4,5)6)41(13,35(45)46)21-19-17-15-16-18-20-22-42(14,36(47)48)28-25-31(39(7,8)9)34(44)32(26-28)40(10,11)12/h23-26,43-44H,15-22H2,1-14H3,(H,45,46)(H,47,48). The maximum absolute atomic E-state index is 12.7. The van der Waals surface area contributed by atoms with Gasteiger partial charge in [-0.3, -0.25) is 9.59 Å². The van der Waals surface area contributed by atoms with Crippen LogP contribution in [0.3, 0.4) is 0 Å². The van der Waals surface area contributed by atoms with Crippen LogP contribution in [-0.4, -0.2) is 32.4 Å². The zero-order valence-corrected chi connectivity index (χ0v) is 32.6. The van der Waals surface area contributed by atoms with Crippen molar-refractivity contribution in [1.82, 2.24) is 0 Å². The molecule has 0 radical (unpaired) electrons. The van der Waals surface area contributed by atoms with Crippen molar-refractivity contribution in [2.24, 2.45) is 0 Å². The van der Waals surface area contributed by atoms with Crippen LogP contribution in [0.2, 0.25) is 0 Å². The van der Waals surface area contributed by atoms with Gasteiger partial charge in [0.05, 0.1) is 10.8 Å². The first-order valence-electron chi connectivity index (χ1n) is 17.8. The summed E-state index contributed by atoms with van der Waals surface area (Å²) < 4.78 is 0. The van der Waals surface area contributed by atoms with Gasteiger partial charge >= 0.3 is 11.9 Å². The van der Waals surface area contributed by atoms with Crippen molar-refractivity contribution >= 4 is 11.9 Å². The van der Waals surface area contributed by atoms with E-state index in [1.807, 2.05) is 107 Å². The van der Waals surface area contributed by atoms with E-state index in [-0.39, 0.29) is 33.2 Å². The molecule has 0 amide bonds. The molecule has 0 saturated heterocycles. The van der Waals surface area contributed by atoms with Gasteiger partial charge in [0.1, 0.15) is 11.5 Å². The predicted octanol–water partition coefficient (Wildman–Crippen LogP) is 10.8. The van der Waals surface area contributed by atoms with E-state index in [1.165, 1.54) is 0 Å². The third-order valence-corrected chi connectivity index (χ3v) is 10.3. The van der Waals surface area contributed by atoms with Gasteiger partial charge in [-0.2, -0.15) is 0 Å². The minimum absolute atomic E-state index is 0.250. The molecule has 0 heterocycles. The van der Waals surface area contributed by atoms with Gasteiger partial charge in [-0.25, -0.2) is 0 Å². The Morgan fingerprint density at radius 1 is 0.438 bits per heavy atom. The van der Waals surface area contributed by atoms with Gasteiger partial charge in [0.15, 0.2) is 0 Å². The molecule has 270 valence electrons. The Balaban J connectivity index is 2.14. The summed E-state index contributed by atoms with van der Waals surface area (Å²) in [5.74, 6) is -1.22. The number of phenols is 2. The van der Waals surface area contributed by atoms with Crippen LogP contribution < -0.4 is 0 Å². The van der Waals surface area contributed by atoms with Crippen LogP contribution in [0.4, 0.5) is 0 Å². The molecule has 0 aliphatic heterocycles. The first-order chi connectivity index (χ1) is 21.6. The van der Waals surface area contributed by atoms with Crippen LogP contribution >= 0.6 is 0 Å². The molecule has 2 atom stereocenters. The van der Waals surface area contributed by atoms with Crippen molar-refractivity contribution in [1.29, 1.82) is 0 Å². The number of phenolic OH excluding ortho intramolecular Hbond substituents is 2. The maximum Gasteiger partial charge on any atom is 0.313 e. The number of rotatable bonds is 13. The molecular formula is C42H66O6. The summed E-state index contributed by atoms with van der Waals surface area (Å²) in [6.45, 7) is 28.0. The molecule has 6 heteroatoms. The highest BCUT2D eigenvalue weighted by Gasteiger charge is 2.39. The lowest BCUT2D eigenvalue weighted by atomic mass is 9.71. The molecule has 4 N–H and O–H groups in total. The Labute approximate surface area is 291 Å². The van der Waals surface area contributed by atoms with Gasteiger partial charge in [0.2, 0.25) is 0 Å². The third kappa shape index (κ3) is 9.36. The van der Waals surface area contributed by atoms with Gasteiger partial charge in [-0.1, -0.05) is 146 Å². The number of carboxylic acids is 2. The number of carbonyl (C=O) groups is 2. The van der Waals surface area contributed by atoms with E-state index < -0.39 is 22.8 Å². The molecule has 48 heavy (non-hydrogen) atoms. The number of hydrogen-bond acceptors (Lipinski definition) is 4. The predicted molar refractivity (Wildman–Crippen MR) is 198 cm³/mol. The van der Waals surface area contributed by atoms with Crippen molar-refractivity contribution in [3.8, 4) is 11.5 Å². The molecule has 2 unspecified atom stereocenters. The van der Waals surface area contributed by atoms with Gasteiger partial charge in [-0.05, 0) is 81.7 Å². The number of hydrogen-bond donors (Lipinski definition) is 4. The molecule has 0 spiro atoms. The van der Waals surface area contributed by atoms with Crippen molar-refractivity contribution in [2.75, 3.05) is 0 Å². The average molecular weight is 667 g/mol. The zero-order valence-electron chi connectivity index (χ0n) is 32.6. The summed E-state index contributed by atoms with van der Waals surface area (Å²) in [6.07, 6.45) is 6.15. The first kappa shape index (κ1) is 41.2. The summed E-state index contributed by atoms with van der Waals surface area (Å²) in [7, 11) is 0. The van der Waals surface area contributed by atoms with Gasteiger partial charge in [-0.15, -0.1) is 0 Å². The molecule has 0 bridgehead atoms. The molecule has 2 aromatic carbocycles. The van der Waals surface area contributed by atoms with Crippen molar-refractivity contribution < 1.29 is 30.0 Å². The van der Waals surface area contributed by atoms with Gasteiger partial charge < -0.3 is 20.4 Å². The maximum atomic E-state index is 12.7. The Morgan fingerprint density at radius 3 is 0.833 bits per heavy atom. The highest BCUT2D eigenvalue weighted by molar-refractivity contribution is 5.82. The van der Waals surface area contributed by atoms with Crippen LogP contribution in [0.5, 0.6) is 11.5 Å². The summed E-state index contributed by atoms with van der Waals surface area (Å²) in [6, 6.07) is 7.56. The second kappa shape index (κ2) is 14.5. The zero-order chi connectivity index (χ0) is 37.3. The van der Waals surface area contributed by atoms with Gasteiger partial charge in [0, 0.05) is 0 Å². The summed E-state index contributed by atoms with van der Waals surface area (Å²) in [5, 5.41) is 43.2. The first-order valence-corrected chi connectivity index (χ1v) is 17.8. The summed E-state index contributed by atoms with van der Waals surface area (Å²) in [5.41, 5.74) is 0.977. The molecular weight excluding hydrogens is 600 g/mol. The van der Waals surface area contributed by atoms with E-state index >= 15 is 0 Å². The van der Waals surface area contributed by atoms with Crippen LogP contribution in [0.1, 0.15) is 182 Å². The fraction of sp³-hybridized carbons (Fsp3) is 0.667. The van der Waals surface area contributed by atoms with Crippen molar-refractivity contribution in [3.63, 3.8) is 0 Å². The summed E-state index contributed by atoms with van der Waals surface area (Å²) >= 11 is 0. The van der Waals surface area contributed by atoms with Crippen LogP contribution in [0.25, 0.3) is 0 Å². The van der Waals surface area contributed by atoms with E-state index in [4.69, 9.17) is 0 Å². The van der Waals surface area contributed by atoms with Crippen LogP contribution in [0.15, 0.2) is 24.3 Å². The third-order valence-electron chi connectivity index (χ3n) is 10.3. The van der Waals surface area contributed by atoms with E-state index in [0.29, 0.717) is 12.8 Å². The lowest BCUT2D eigenvalue weighted by molar-refractivity contribution is -0.144. The van der Waals surface area contributed by atoms with E-state index in [1.54, 1.807) is 13.8 Å². The quantitative estimate of drug-likeness (QED) is 0.158. The number of aromatic hydroxyl groups is 2. The van der Waals surface area contributed by atoms with Crippen LogP contribution in [-0.2, 0) is 42.1 Å². The molecule has 0 aromatic heterocycles. The van der Waals surface area contributed by atoms with E-state index in [0.717, 1.165) is 71.9 Å². The monoisotopic (exact) mass is 666 g/mol. The fourth-order valence-electron chi connectivity index (χ4n) is 6.61. The molecule has 2 aromatic rings. The minimum atomic E-state index is -1.08. The number of aliphatic carboxylic acids is 2. The molecule has 0 saturated carbocycles. The molecule has 0 fully saturated rings. The molecule has 0 aliphatic rings. The second-order valence-electron chi connectivity index (χ2n) is 18.7. The highest BCUT2D eigenvalue weighted by Crippen LogP contribution is 2.45. The number of unbranched alkanes of at least 4 members (excludes halogenated alkanes) is 5. The highest BCUT2D eigenvalue weighted by atomic mass is 16.4.